The van der Waals surface area contributed by atoms with Gasteiger partial charge in [-0.3, -0.25) is 28.8 Å². The minimum Gasteiger partial charge on any atom is -0.280 e. The zero-order valence-corrected chi connectivity index (χ0v) is 64.5. The number of imidazole rings is 3. The molecule has 6 aromatic carbocycles. The number of anilines is 6. The number of fused-ring (bicyclic) bond motifs is 6. The van der Waals surface area contributed by atoms with E-state index in [2.05, 4.69) is 156 Å². The summed E-state index contributed by atoms with van der Waals surface area (Å²) < 4.78 is 42.7. The topological polar surface area (TPSA) is 332 Å². The Morgan fingerprint density at radius 2 is 0.868 bits per heavy atom. The molecule has 0 spiro atoms. The maximum atomic E-state index is 14.3. The van der Waals surface area contributed by atoms with Gasteiger partial charge in [0.05, 0.1) is 93.5 Å². The van der Waals surface area contributed by atoms with Crippen LogP contribution in [0.1, 0.15) is 13.3 Å². The molecule has 0 aliphatic heterocycles. The number of nitrogens with one attached hydrogen (secondary N) is 7. The van der Waals surface area contributed by atoms with Gasteiger partial charge in [0, 0.05) is 81.9 Å². The summed E-state index contributed by atoms with van der Waals surface area (Å²) in [5.41, 5.74) is 24.6. The zero-order chi connectivity index (χ0) is 65.8. The molecular formula is C58H50Br2ClF3I6N15O6-. The molecule has 0 saturated carbocycles. The number of carbonyl (C=O) groups excluding carboxylic acids is 3. The minimum atomic E-state index is -0.527. The number of aromatic nitrogens is 9. The number of halogens is 12. The van der Waals surface area contributed by atoms with Crippen LogP contribution in [0.25, 0.3) is 100.0 Å². The van der Waals surface area contributed by atoms with Crippen molar-refractivity contribution in [3.05, 3.63) is 158 Å². The molecular weight excluding hydrogens is 2020 g/mol. The number of nitrogens with zero attached hydrogens (tertiary/aromatic N) is 5. The van der Waals surface area contributed by atoms with Crippen LogP contribution < -0.4 is 62.3 Å². The molecule has 21 nitrogen and oxygen atoms in total. The van der Waals surface area contributed by atoms with E-state index >= 15 is 0 Å². The van der Waals surface area contributed by atoms with E-state index in [1.807, 2.05) is 25.2 Å². The van der Waals surface area contributed by atoms with Crippen LogP contribution in [0.4, 0.5) is 47.3 Å². The van der Waals surface area contributed by atoms with E-state index in [-0.39, 0.29) is 113 Å². The first kappa shape index (κ1) is 74.6. The smallest absolute Gasteiger partial charge is 0.232 e. The molecule has 478 valence electrons. The first-order valence-electron chi connectivity index (χ1n) is 25.9. The second kappa shape index (κ2) is 34.1. The molecule has 0 bridgehead atoms. The molecule has 0 radical (unpaired) electrons. The fourth-order valence-corrected chi connectivity index (χ4v) is 9.63. The molecule has 2 amide bonds. The summed E-state index contributed by atoms with van der Waals surface area (Å²) in [6.07, 6.45) is 0.386. The third kappa shape index (κ3) is 17.1. The van der Waals surface area contributed by atoms with Crippen molar-refractivity contribution in [1.82, 2.24) is 44.9 Å². The monoisotopic (exact) mass is 2060 g/mol. The van der Waals surface area contributed by atoms with Crippen LogP contribution in [-0.2, 0) is 14.4 Å². The number of benzene rings is 6. The Balaban J connectivity index is 0.000000201. The largest absolute Gasteiger partial charge is 0.280 e. The average molecular weight is 2070 g/mol. The molecule has 13 N–H and O–H groups in total. The normalized spacial score (nSPS) is 10.6. The molecule has 0 atom stereocenters. The number of H-pyrrole nitrogens is 6. The van der Waals surface area contributed by atoms with Crippen molar-refractivity contribution in [3.63, 3.8) is 0 Å². The van der Waals surface area contributed by atoms with Crippen molar-refractivity contribution in [3.8, 4) is 34.2 Å². The van der Waals surface area contributed by atoms with Gasteiger partial charge in [0.2, 0.25) is 17.1 Å². The number of hydrogen-bond donors (Lipinski definition) is 10. The standard InChI is InChI=1S/C20H18FN5O2.C19H15BrFN5O2.C17H14FN5O.C2H2BrClO.I3.I2.HI/c1-3-15(27)26(2)10-7-8-12-14(9-10)24-19(23-12)17-18(22)16-11(21)5-4-6-13(16)25-20(17)28;1-26(14(27)8-20)9-5-6-11-13(7-9)24-18(23-11)16-17(22)15-10(21)3-2-4-12(15)25-19(16)28;1-20-8-5-6-10-12(7-8)22-16(21-10)14-15(19)13-9(18)3-2-4-11(13)23-17(14)24;3-1-2(4)5;1-3-2;1-2;/h4-9H,3H2,1-2H3,(H,23,24)(H3,22,25,28);2-7H,8H2,1H3,(H,23,24)(H3,22,25,28);2-7,20H,1H3,(H,21,22)(H3,19,23,24);1H2;;;1H/q;;;;-1;;. The Labute approximate surface area is 606 Å². The van der Waals surface area contributed by atoms with E-state index in [1.165, 1.54) is 41.3 Å². The van der Waals surface area contributed by atoms with Gasteiger partial charge in [-0.2, -0.15) is 0 Å². The molecule has 0 saturated heterocycles. The number of alkyl halides is 2. The number of amides is 2. The summed E-state index contributed by atoms with van der Waals surface area (Å²) >= 11 is 20.3. The van der Waals surface area contributed by atoms with E-state index in [4.69, 9.17) is 28.8 Å². The maximum Gasteiger partial charge on any atom is 0.232 e. The third-order valence-corrected chi connectivity index (χ3v) is 15.0. The van der Waals surface area contributed by atoms with Crippen molar-refractivity contribution in [2.75, 3.05) is 64.1 Å². The summed E-state index contributed by atoms with van der Waals surface area (Å²) in [4.78, 5) is 104. The van der Waals surface area contributed by atoms with Crippen molar-refractivity contribution >= 4 is 259 Å². The molecule has 0 fully saturated rings. The van der Waals surface area contributed by atoms with Gasteiger partial charge in [-0.05, 0) is 103 Å². The van der Waals surface area contributed by atoms with Crippen LogP contribution in [-0.4, -0.2) is 93.7 Å². The number of carbonyl (C=O) groups is 3. The number of aromatic amines is 6. The van der Waals surface area contributed by atoms with E-state index in [1.54, 1.807) is 80.5 Å². The van der Waals surface area contributed by atoms with Gasteiger partial charge < -0.3 is 62.2 Å². The van der Waals surface area contributed by atoms with E-state index in [0.29, 0.717) is 81.0 Å². The SMILES string of the molecule is CCC(=O)N(C)c1ccc2nc(-c3c(N)c4c(F)cccc4[nH]c3=O)[nH]c2c1.CN(C(=O)CBr)c1ccc2nc(-c3c(N)c4c(F)cccc4[nH]c3=O)[nH]c2c1.CNc1ccc2nc(-c3c(N)c4c(F)cccc4[nH]c3=O)[nH]c2c1.I.II.I[I-]I.O=C(Cl)CBr. The van der Waals surface area contributed by atoms with Crippen molar-refractivity contribution in [2.45, 2.75) is 13.3 Å². The van der Waals surface area contributed by atoms with E-state index in [9.17, 15) is 41.9 Å². The van der Waals surface area contributed by atoms with Gasteiger partial charge in [-0.25, -0.2) is 28.1 Å². The Bertz CT molecular complexity index is 4660. The fraction of sp³-hybridized carbons (Fsp3) is 0.121. The Morgan fingerprint density at radius 3 is 1.18 bits per heavy atom. The Kier molecular flexibility index (Phi) is 28.0. The van der Waals surface area contributed by atoms with Crippen molar-refractivity contribution in [2.24, 2.45) is 0 Å². The first-order valence-corrected chi connectivity index (χ1v) is 47.4. The predicted octanol–water partition coefficient (Wildman–Crippen LogP) is 11.5. The molecule has 0 unspecified atom stereocenters. The molecule has 0 aliphatic carbocycles. The third-order valence-electron chi connectivity index (χ3n) is 13.5. The second-order valence-electron chi connectivity index (χ2n) is 18.8. The van der Waals surface area contributed by atoms with Gasteiger partial charge in [0.25, 0.3) is 16.7 Å². The molecule has 12 aromatic rings. The summed E-state index contributed by atoms with van der Waals surface area (Å²) in [5.74, 6) is -0.898. The average Bonchev–Trinajstić information content (AvgIpc) is 1.79. The van der Waals surface area contributed by atoms with Crippen LogP contribution >= 0.6 is 142 Å². The summed E-state index contributed by atoms with van der Waals surface area (Å²) in [7, 11) is 5.17. The summed E-state index contributed by atoms with van der Waals surface area (Å²) in [5, 5.41) is 3.59. The molecule has 6 aromatic heterocycles. The number of rotatable bonds is 9. The van der Waals surface area contributed by atoms with Crippen LogP contribution in [0.5, 0.6) is 0 Å². The van der Waals surface area contributed by atoms with E-state index < -0.39 is 34.1 Å². The molecule has 91 heavy (non-hydrogen) atoms. The quantitative estimate of drug-likeness (QED) is 0.0365. The predicted molar refractivity (Wildman–Crippen MR) is 409 cm³/mol. The van der Waals surface area contributed by atoms with E-state index in [0.717, 1.165) is 11.2 Å². The van der Waals surface area contributed by atoms with Crippen LogP contribution in [0.2, 0.25) is 0 Å². The number of nitrogen functional groups attached to an aromatic ring is 3. The number of pyridine rings is 3. The van der Waals surface area contributed by atoms with Crippen LogP contribution in [0, 0.1) is 17.5 Å². The van der Waals surface area contributed by atoms with Gasteiger partial charge in [0.1, 0.15) is 51.6 Å². The van der Waals surface area contributed by atoms with Gasteiger partial charge in [-0.15, -0.1) is 24.0 Å². The summed E-state index contributed by atoms with van der Waals surface area (Å²) in [6.45, 7) is 1.79. The van der Waals surface area contributed by atoms with Gasteiger partial charge in [0.15, 0.2) is 0 Å². The van der Waals surface area contributed by atoms with Crippen molar-refractivity contribution < 1.29 is 40.8 Å². The molecule has 6 heterocycles. The van der Waals surface area contributed by atoms with Crippen LogP contribution in [0.15, 0.2) is 124 Å². The summed E-state index contributed by atoms with van der Waals surface area (Å²) in [6, 6.07) is 29.3. The van der Waals surface area contributed by atoms with Gasteiger partial charge >= 0.3 is 50.5 Å². The first-order chi connectivity index (χ1) is 43.1. The Morgan fingerprint density at radius 1 is 0.549 bits per heavy atom. The molecule has 0 aliphatic rings. The minimum absolute atomic E-state index is 0. The zero-order valence-electron chi connectivity index (χ0n) is 47.5. The fourth-order valence-electron chi connectivity index (χ4n) is 9.26. The number of nitrogens with two attached hydrogens (primary N) is 3. The van der Waals surface area contributed by atoms with Crippen molar-refractivity contribution in [1.29, 1.82) is 0 Å². The number of hydrogen-bond acceptors (Lipinski definition) is 13. The second-order valence-corrected chi connectivity index (χ2v) is 36.6. The molecule has 33 heteroatoms. The van der Waals surface area contributed by atoms with Crippen LogP contribution in [0.3, 0.4) is 0 Å². The molecule has 12 rings (SSSR count). The van der Waals surface area contributed by atoms with Gasteiger partial charge in [-0.1, -0.05) is 57.0 Å². The Hall–Kier alpha value is -5.41. The maximum absolute atomic E-state index is 14.3.